The van der Waals surface area contributed by atoms with E-state index in [9.17, 15) is 0 Å². The molecule has 0 saturated heterocycles. The molecule has 1 rings (SSSR count). The van der Waals surface area contributed by atoms with E-state index in [1.165, 1.54) is 38.6 Å². The Bertz CT molecular complexity index is 423. The van der Waals surface area contributed by atoms with Crippen molar-refractivity contribution in [1.82, 2.24) is 20.5 Å². The molecule has 0 saturated carbocycles. The molecular formula is C18H34IN5. The lowest BCUT2D eigenvalue weighted by Crippen LogP contribution is -2.38. The molecule has 0 unspecified atom stereocenters. The topological polar surface area (TPSA) is 52.6 Å². The van der Waals surface area contributed by atoms with E-state index in [-0.39, 0.29) is 24.0 Å². The summed E-state index contributed by atoms with van der Waals surface area (Å²) in [6.45, 7) is 3.03. The van der Waals surface area contributed by atoms with E-state index in [1.807, 2.05) is 31.4 Å². The highest BCUT2D eigenvalue weighted by Gasteiger charge is 1.98. The van der Waals surface area contributed by atoms with Crippen LogP contribution in [0.5, 0.6) is 0 Å². The van der Waals surface area contributed by atoms with Gasteiger partial charge in [0.2, 0.25) is 0 Å². The minimum absolute atomic E-state index is 0. The first-order chi connectivity index (χ1) is 11.2. The average molecular weight is 447 g/mol. The summed E-state index contributed by atoms with van der Waals surface area (Å²) in [5.74, 6) is 0.883. The fourth-order valence-electron chi connectivity index (χ4n) is 2.37. The van der Waals surface area contributed by atoms with Crippen LogP contribution in [0.15, 0.2) is 29.4 Å². The first-order valence-corrected chi connectivity index (χ1v) is 8.71. The molecule has 5 nitrogen and oxygen atoms in total. The molecule has 1 heterocycles. The van der Waals surface area contributed by atoms with Gasteiger partial charge in [-0.1, -0.05) is 25.3 Å². The van der Waals surface area contributed by atoms with Gasteiger partial charge in [0, 0.05) is 38.4 Å². The van der Waals surface area contributed by atoms with E-state index in [0.29, 0.717) is 0 Å². The molecule has 1 aromatic heterocycles. The number of guanidine groups is 1. The van der Waals surface area contributed by atoms with Crippen LogP contribution >= 0.6 is 24.0 Å². The van der Waals surface area contributed by atoms with Crippen LogP contribution in [0.25, 0.3) is 0 Å². The van der Waals surface area contributed by atoms with Gasteiger partial charge >= 0.3 is 0 Å². The fraction of sp³-hybridized carbons (Fsp3) is 0.667. The van der Waals surface area contributed by atoms with Crippen molar-refractivity contribution in [2.75, 3.05) is 40.8 Å². The Morgan fingerprint density at radius 2 is 1.75 bits per heavy atom. The van der Waals surface area contributed by atoms with E-state index >= 15 is 0 Å². The van der Waals surface area contributed by atoms with Gasteiger partial charge in [0.15, 0.2) is 5.96 Å². The standard InChI is InChI=1S/C18H33N5.HI/c1-19-18(22-15-12-17-11-7-9-13-20-17)21-14-8-5-4-6-10-16-23(2)3;/h7,9,11,13H,4-6,8,10,12,14-16H2,1-3H3,(H2,19,21,22);1H. The second kappa shape index (κ2) is 15.6. The second-order valence-corrected chi connectivity index (χ2v) is 6.07. The molecule has 2 N–H and O–H groups in total. The highest BCUT2D eigenvalue weighted by molar-refractivity contribution is 14.0. The van der Waals surface area contributed by atoms with Gasteiger partial charge in [-0.3, -0.25) is 9.98 Å². The smallest absolute Gasteiger partial charge is 0.190 e. The van der Waals surface area contributed by atoms with Crippen molar-refractivity contribution in [2.24, 2.45) is 4.99 Å². The monoisotopic (exact) mass is 447 g/mol. The SMILES string of the molecule is CN=C(NCCCCCCCN(C)C)NCCc1ccccn1.I. The zero-order chi connectivity index (χ0) is 16.8. The van der Waals surface area contributed by atoms with Crippen LogP contribution in [0.3, 0.4) is 0 Å². The number of nitrogens with zero attached hydrogens (tertiary/aromatic N) is 3. The van der Waals surface area contributed by atoms with Crippen molar-refractivity contribution in [2.45, 2.75) is 38.5 Å². The third-order valence-electron chi connectivity index (χ3n) is 3.70. The number of unbranched alkanes of at least 4 members (excludes halogenated alkanes) is 4. The van der Waals surface area contributed by atoms with E-state index < -0.39 is 0 Å². The largest absolute Gasteiger partial charge is 0.356 e. The number of nitrogens with one attached hydrogen (secondary N) is 2. The molecule has 0 bridgehead atoms. The van der Waals surface area contributed by atoms with Crippen LogP contribution in [0, 0.1) is 0 Å². The Hall–Kier alpha value is -0.890. The van der Waals surface area contributed by atoms with Crippen LogP contribution in [0.1, 0.15) is 37.8 Å². The Morgan fingerprint density at radius 3 is 2.42 bits per heavy atom. The molecular weight excluding hydrogens is 413 g/mol. The molecule has 1 aromatic rings. The maximum atomic E-state index is 4.32. The van der Waals surface area contributed by atoms with Crippen LogP contribution in [-0.4, -0.2) is 56.6 Å². The molecule has 0 aliphatic carbocycles. The van der Waals surface area contributed by atoms with Gasteiger partial charge in [-0.05, 0) is 45.6 Å². The quantitative estimate of drug-likeness (QED) is 0.237. The zero-order valence-electron chi connectivity index (χ0n) is 15.4. The van der Waals surface area contributed by atoms with Gasteiger partial charge in [0.1, 0.15) is 0 Å². The molecule has 138 valence electrons. The predicted molar refractivity (Wildman–Crippen MR) is 114 cm³/mol. The van der Waals surface area contributed by atoms with Gasteiger partial charge in [-0.15, -0.1) is 24.0 Å². The van der Waals surface area contributed by atoms with E-state index in [1.54, 1.807) is 0 Å². The van der Waals surface area contributed by atoms with Crippen LogP contribution in [-0.2, 0) is 6.42 Å². The minimum atomic E-state index is 0. The number of hydrogen-bond acceptors (Lipinski definition) is 3. The van der Waals surface area contributed by atoms with Gasteiger partial charge in [-0.2, -0.15) is 0 Å². The fourth-order valence-corrected chi connectivity index (χ4v) is 2.37. The summed E-state index contributed by atoms with van der Waals surface area (Å²) in [7, 11) is 6.09. The number of rotatable bonds is 11. The Labute approximate surface area is 164 Å². The molecule has 24 heavy (non-hydrogen) atoms. The first-order valence-electron chi connectivity index (χ1n) is 8.71. The zero-order valence-corrected chi connectivity index (χ0v) is 17.8. The highest BCUT2D eigenvalue weighted by atomic mass is 127. The van der Waals surface area contributed by atoms with Crippen molar-refractivity contribution in [3.63, 3.8) is 0 Å². The van der Waals surface area contributed by atoms with Gasteiger partial charge < -0.3 is 15.5 Å². The molecule has 0 aliphatic rings. The van der Waals surface area contributed by atoms with E-state index in [0.717, 1.165) is 31.2 Å². The molecule has 0 aliphatic heterocycles. The summed E-state index contributed by atoms with van der Waals surface area (Å²) in [6, 6.07) is 6.01. The summed E-state index contributed by atoms with van der Waals surface area (Å²) >= 11 is 0. The van der Waals surface area contributed by atoms with Crippen LogP contribution in [0.2, 0.25) is 0 Å². The number of hydrogen-bond donors (Lipinski definition) is 2. The predicted octanol–water partition coefficient (Wildman–Crippen LogP) is 2.92. The minimum Gasteiger partial charge on any atom is -0.356 e. The third-order valence-corrected chi connectivity index (χ3v) is 3.70. The van der Waals surface area contributed by atoms with E-state index in [4.69, 9.17) is 0 Å². The lowest BCUT2D eigenvalue weighted by Gasteiger charge is -2.12. The number of pyridine rings is 1. The van der Waals surface area contributed by atoms with E-state index in [2.05, 4.69) is 39.6 Å². The first kappa shape index (κ1) is 23.1. The lowest BCUT2D eigenvalue weighted by atomic mass is 10.1. The molecule has 0 radical (unpaired) electrons. The molecule has 0 atom stereocenters. The molecule has 0 fully saturated rings. The molecule has 0 amide bonds. The molecule has 0 aromatic carbocycles. The third kappa shape index (κ3) is 12.5. The second-order valence-electron chi connectivity index (χ2n) is 6.07. The van der Waals surface area contributed by atoms with Crippen LogP contribution < -0.4 is 10.6 Å². The van der Waals surface area contributed by atoms with Gasteiger partial charge in [-0.25, -0.2) is 0 Å². The van der Waals surface area contributed by atoms with Crippen molar-refractivity contribution in [1.29, 1.82) is 0 Å². The Kier molecular flexibility index (Phi) is 15.0. The van der Waals surface area contributed by atoms with Crippen molar-refractivity contribution in [3.8, 4) is 0 Å². The Balaban J connectivity index is 0.00000529. The number of aliphatic imine (C=N–C) groups is 1. The summed E-state index contributed by atoms with van der Waals surface area (Å²) < 4.78 is 0. The molecule has 0 spiro atoms. The van der Waals surface area contributed by atoms with Crippen LogP contribution in [0.4, 0.5) is 0 Å². The summed E-state index contributed by atoms with van der Waals surface area (Å²) in [5, 5.41) is 6.71. The lowest BCUT2D eigenvalue weighted by molar-refractivity contribution is 0.389. The number of aromatic nitrogens is 1. The van der Waals surface area contributed by atoms with Gasteiger partial charge in [0.25, 0.3) is 0 Å². The average Bonchev–Trinajstić information content (AvgIpc) is 2.56. The normalized spacial score (nSPS) is 11.2. The van der Waals surface area contributed by atoms with Crippen molar-refractivity contribution in [3.05, 3.63) is 30.1 Å². The maximum absolute atomic E-state index is 4.32. The van der Waals surface area contributed by atoms with Gasteiger partial charge in [0.05, 0.1) is 0 Å². The summed E-state index contributed by atoms with van der Waals surface area (Å²) in [4.78, 5) is 10.8. The maximum Gasteiger partial charge on any atom is 0.190 e. The Morgan fingerprint density at radius 1 is 1.04 bits per heavy atom. The number of halogens is 1. The van der Waals surface area contributed by atoms with Crippen molar-refractivity contribution >= 4 is 29.9 Å². The summed E-state index contributed by atoms with van der Waals surface area (Å²) in [5.41, 5.74) is 1.10. The molecule has 6 heteroatoms. The van der Waals surface area contributed by atoms with Crippen molar-refractivity contribution < 1.29 is 0 Å². The summed E-state index contributed by atoms with van der Waals surface area (Å²) in [6.07, 6.45) is 9.18. The highest BCUT2D eigenvalue weighted by Crippen LogP contribution is 2.02.